The molecule has 1 saturated heterocycles. The first-order valence-corrected chi connectivity index (χ1v) is 5.28. The third kappa shape index (κ3) is 2.23. The number of hydrogen-bond donors (Lipinski definition) is 1. The third-order valence-corrected chi connectivity index (χ3v) is 2.52. The van der Waals surface area contributed by atoms with Crippen LogP contribution in [0.2, 0.25) is 0 Å². The highest BCUT2D eigenvalue weighted by Crippen LogP contribution is 2.18. The predicted molar refractivity (Wildman–Crippen MR) is 59.5 cm³/mol. The van der Waals surface area contributed by atoms with Crippen LogP contribution in [0, 0.1) is 0 Å². The summed E-state index contributed by atoms with van der Waals surface area (Å²) in [5, 5.41) is 0. The molecule has 0 spiro atoms. The van der Waals surface area contributed by atoms with Crippen molar-refractivity contribution in [3.05, 3.63) is 11.8 Å². The molecule has 2 heterocycles. The first kappa shape index (κ1) is 11.1. The van der Waals surface area contributed by atoms with Gasteiger partial charge in [0.2, 0.25) is 11.8 Å². The molecule has 88 valence electrons. The topological polar surface area (TPSA) is 73.5 Å². The maximum absolute atomic E-state index is 5.56. The van der Waals surface area contributed by atoms with Crippen molar-refractivity contribution < 1.29 is 9.47 Å². The Morgan fingerprint density at radius 2 is 2.25 bits per heavy atom. The highest BCUT2D eigenvalue weighted by molar-refractivity contribution is 5.36. The van der Waals surface area contributed by atoms with Gasteiger partial charge in [-0.2, -0.15) is 4.98 Å². The van der Waals surface area contributed by atoms with E-state index < -0.39 is 0 Å². The van der Waals surface area contributed by atoms with Crippen molar-refractivity contribution >= 4 is 5.95 Å². The zero-order chi connectivity index (χ0) is 11.4. The molecule has 0 unspecified atom stereocenters. The van der Waals surface area contributed by atoms with Gasteiger partial charge in [-0.05, 0) is 0 Å². The number of nitrogens with zero attached hydrogens (tertiary/aromatic N) is 3. The fourth-order valence-electron chi connectivity index (χ4n) is 1.61. The number of aromatic nitrogens is 2. The standard InChI is InChI=1S/C10H16N4O2/c1-15-9-8(6-11)7-12-10(13-9)14-2-4-16-5-3-14/h7H,2-6,11H2,1H3. The summed E-state index contributed by atoms with van der Waals surface area (Å²) in [5.41, 5.74) is 6.38. The third-order valence-electron chi connectivity index (χ3n) is 2.52. The maximum Gasteiger partial charge on any atom is 0.228 e. The molecule has 0 atom stereocenters. The van der Waals surface area contributed by atoms with E-state index in [9.17, 15) is 0 Å². The van der Waals surface area contributed by atoms with Crippen LogP contribution < -0.4 is 15.4 Å². The van der Waals surface area contributed by atoms with Crippen LogP contribution in [0.4, 0.5) is 5.95 Å². The Kier molecular flexibility index (Phi) is 3.53. The van der Waals surface area contributed by atoms with Gasteiger partial charge in [-0.25, -0.2) is 4.98 Å². The van der Waals surface area contributed by atoms with E-state index in [2.05, 4.69) is 14.9 Å². The van der Waals surface area contributed by atoms with Gasteiger partial charge in [-0.1, -0.05) is 0 Å². The zero-order valence-electron chi connectivity index (χ0n) is 9.35. The van der Waals surface area contributed by atoms with E-state index in [1.807, 2.05) is 0 Å². The molecule has 6 heteroatoms. The average Bonchev–Trinajstić information content (AvgIpc) is 2.39. The van der Waals surface area contributed by atoms with Crippen LogP contribution >= 0.6 is 0 Å². The summed E-state index contributed by atoms with van der Waals surface area (Å²) in [6, 6.07) is 0. The summed E-state index contributed by atoms with van der Waals surface area (Å²) < 4.78 is 10.5. The lowest BCUT2D eigenvalue weighted by atomic mass is 10.3. The monoisotopic (exact) mass is 224 g/mol. The van der Waals surface area contributed by atoms with Crippen molar-refractivity contribution in [2.75, 3.05) is 38.3 Å². The second-order valence-corrected chi connectivity index (χ2v) is 3.51. The van der Waals surface area contributed by atoms with Gasteiger partial charge >= 0.3 is 0 Å². The lowest BCUT2D eigenvalue weighted by Gasteiger charge is -2.26. The Morgan fingerprint density at radius 1 is 1.50 bits per heavy atom. The Hall–Kier alpha value is -1.40. The molecule has 0 aromatic carbocycles. The first-order chi connectivity index (χ1) is 7.85. The highest BCUT2D eigenvalue weighted by atomic mass is 16.5. The fourth-order valence-corrected chi connectivity index (χ4v) is 1.61. The van der Waals surface area contributed by atoms with Gasteiger partial charge in [0.15, 0.2) is 0 Å². The quantitative estimate of drug-likeness (QED) is 0.765. The number of morpholine rings is 1. The second kappa shape index (κ2) is 5.09. The van der Waals surface area contributed by atoms with E-state index in [0.29, 0.717) is 31.6 Å². The Bertz CT molecular complexity index is 353. The smallest absolute Gasteiger partial charge is 0.228 e. The van der Waals surface area contributed by atoms with Crippen LogP contribution in [-0.2, 0) is 11.3 Å². The Labute approximate surface area is 94.4 Å². The minimum Gasteiger partial charge on any atom is -0.481 e. The molecular formula is C10H16N4O2. The van der Waals surface area contributed by atoms with E-state index in [0.717, 1.165) is 18.7 Å². The summed E-state index contributed by atoms with van der Waals surface area (Å²) in [5.74, 6) is 1.23. The second-order valence-electron chi connectivity index (χ2n) is 3.51. The van der Waals surface area contributed by atoms with Crippen LogP contribution in [0.5, 0.6) is 5.88 Å². The molecule has 2 rings (SSSR count). The number of methoxy groups -OCH3 is 1. The molecule has 1 aliphatic heterocycles. The molecule has 16 heavy (non-hydrogen) atoms. The minimum absolute atomic E-state index is 0.382. The molecule has 1 aromatic heterocycles. The van der Waals surface area contributed by atoms with Gasteiger partial charge in [-0.15, -0.1) is 0 Å². The van der Waals surface area contributed by atoms with Gasteiger partial charge in [0.05, 0.1) is 20.3 Å². The normalized spacial score (nSPS) is 16.2. The van der Waals surface area contributed by atoms with Crippen LogP contribution in [0.3, 0.4) is 0 Å². The minimum atomic E-state index is 0.382. The van der Waals surface area contributed by atoms with Crippen molar-refractivity contribution in [2.45, 2.75) is 6.54 Å². The van der Waals surface area contributed by atoms with Crippen LogP contribution in [-0.4, -0.2) is 43.4 Å². The molecule has 1 fully saturated rings. The summed E-state index contributed by atoms with van der Waals surface area (Å²) in [7, 11) is 1.59. The Morgan fingerprint density at radius 3 is 2.88 bits per heavy atom. The average molecular weight is 224 g/mol. The molecular weight excluding hydrogens is 208 g/mol. The highest BCUT2D eigenvalue weighted by Gasteiger charge is 2.15. The molecule has 0 radical (unpaired) electrons. The molecule has 0 amide bonds. The van der Waals surface area contributed by atoms with E-state index in [1.54, 1.807) is 13.3 Å². The molecule has 1 aromatic rings. The van der Waals surface area contributed by atoms with Gasteiger partial charge in [0.25, 0.3) is 0 Å². The molecule has 1 aliphatic rings. The summed E-state index contributed by atoms with van der Waals surface area (Å²) in [6.07, 6.45) is 1.72. The van der Waals surface area contributed by atoms with Crippen molar-refractivity contribution in [1.29, 1.82) is 0 Å². The van der Waals surface area contributed by atoms with Crippen LogP contribution in [0.25, 0.3) is 0 Å². The number of anilines is 1. The van der Waals surface area contributed by atoms with Crippen LogP contribution in [0.1, 0.15) is 5.56 Å². The summed E-state index contributed by atoms with van der Waals surface area (Å²) in [6.45, 7) is 3.43. The molecule has 6 nitrogen and oxygen atoms in total. The molecule has 0 saturated carbocycles. The maximum atomic E-state index is 5.56. The largest absolute Gasteiger partial charge is 0.481 e. The SMILES string of the molecule is COc1nc(N2CCOCC2)ncc1CN. The number of ether oxygens (including phenoxy) is 2. The molecule has 2 N–H and O–H groups in total. The van der Waals surface area contributed by atoms with Crippen molar-refractivity contribution in [3.8, 4) is 5.88 Å². The van der Waals surface area contributed by atoms with E-state index in [1.165, 1.54) is 0 Å². The van der Waals surface area contributed by atoms with Gasteiger partial charge < -0.3 is 20.1 Å². The number of nitrogens with two attached hydrogens (primary N) is 1. The van der Waals surface area contributed by atoms with Crippen molar-refractivity contribution in [3.63, 3.8) is 0 Å². The summed E-state index contributed by atoms with van der Waals surface area (Å²) >= 11 is 0. The predicted octanol–water partition coefficient (Wildman–Crippen LogP) is -0.219. The Balaban J connectivity index is 2.20. The zero-order valence-corrected chi connectivity index (χ0v) is 9.35. The van der Waals surface area contributed by atoms with E-state index in [4.69, 9.17) is 15.2 Å². The van der Waals surface area contributed by atoms with Crippen molar-refractivity contribution in [1.82, 2.24) is 9.97 Å². The van der Waals surface area contributed by atoms with Gasteiger partial charge in [-0.3, -0.25) is 0 Å². The molecule has 0 bridgehead atoms. The number of hydrogen-bond acceptors (Lipinski definition) is 6. The summed E-state index contributed by atoms with van der Waals surface area (Å²) in [4.78, 5) is 10.7. The fraction of sp³-hybridized carbons (Fsp3) is 0.600. The first-order valence-electron chi connectivity index (χ1n) is 5.28. The lowest BCUT2D eigenvalue weighted by Crippen LogP contribution is -2.37. The lowest BCUT2D eigenvalue weighted by molar-refractivity contribution is 0.122. The van der Waals surface area contributed by atoms with Gasteiger partial charge in [0.1, 0.15) is 0 Å². The van der Waals surface area contributed by atoms with Crippen LogP contribution in [0.15, 0.2) is 6.20 Å². The number of rotatable bonds is 3. The van der Waals surface area contributed by atoms with E-state index >= 15 is 0 Å². The van der Waals surface area contributed by atoms with Gasteiger partial charge in [0, 0.05) is 31.4 Å². The molecule has 0 aliphatic carbocycles. The van der Waals surface area contributed by atoms with Crippen molar-refractivity contribution in [2.24, 2.45) is 5.73 Å². The van der Waals surface area contributed by atoms with E-state index in [-0.39, 0.29) is 0 Å².